The minimum atomic E-state index is -4.78. The fourth-order valence-electron chi connectivity index (χ4n) is 4.60. The molecule has 0 bridgehead atoms. The summed E-state index contributed by atoms with van der Waals surface area (Å²) in [7, 11) is 0. The summed E-state index contributed by atoms with van der Waals surface area (Å²) in [5.41, 5.74) is -2.43. The quantitative estimate of drug-likeness (QED) is 0.332. The van der Waals surface area contributed by atoms with Gasteiger partial charge in [0.15, 0.2) is 5.15 Å². The SMILES string of the molecule is CC(C)(O)Cn1cc(C(=O)N[C@H]2C[C@@H](Nc3cc(C(F)(F)F)nc4ccc(Cl)cc34)CN(C(=O)C(F)F)C2)c(Cl)n1. The van der Waals surface area contributed by atoms with Crippen LogP contribution < -0.4 is 10.6 Å². The summed E-state index contributed by atoms with van der Waals surface area (Å²) in [5.74, 6) is -2.21. The zero-order valence-corrected chi connectivity index (χ0v) is 23.2. The summed E-state index contributed by atoms with van der Waals surface area (Å²) in [6.45, 7) is 2.54. The van der Waals surface area contributed by atoms with Crippen LogP contribution in [0.5, 0.6) is 0 Å². The van der Waals surface area contributed by atoms with Gasteiger partial charge in [0, 0.05) is 47.5 Å². The first kappa shape index (κ1) is 30.7. The van der Waals surface area contributed by atoms with Crippen LogP contribution in [0.2, 0.25) is 10.2 Å². The molecule has 0 saturated carbocycles. The van der Waals surface area contributed by atoms with Crippen molar-refractivity contribution in [3.8, 4) is 0 Å². The Morgan fingerprint density at radius 3 is 2.46 bits per heavy atom. The van der Waals surface area contributed by atoms with Crippen molar-refractivity contribution in [3.63, 3.8) is 0 Å². The molecule has 2 aromatic heterocycles. The third-order valence-corrected chi connectivity index (χ3v) is 6.73. The van der Waals surface area contributed by atoms with Gasteiger partial charge in [-0.1, -0.05) is 23.2 Å². The summed E-state index contributed by atoms with van der Waals surface area (Å²) < 4.78 is 68.7. The number of pyridine rings is 1. The highest BCUT2D eigenvalue weighted by Gasteiger charge is 2.37. The van der Waals surface area contributed by atoms with Crippen molar-refractivity contribution < 1.29 is 36.6 Å². The molecule has 1 fully saturated rings. The van der Waals surface area contributed by atoms with Crippen LogP contribution in [-0.2, 0) is 17.5 Å². The Hall–Kier alpha value is -3.23. The zero-order chi connectivity index (χ0) is 30.3. The number of hydrogen-bond acceptors (Lipinski definition) is 6. The van der Waals surface area contributed by atoms with Crippen LogP contribution >= 0.6 is 23.2 Å². The number of rotatable bonds is 7. The fourth-order valence-corrected chi connectivity index (χ4v) is 5.00. The van der Waals surface area contributed by atoms with E-state index in [9.17, 15) is 36.6 Å². The maximum absolute atomic E-state index is 13.6. The Labute approximate surface area is 240 Å². The number of aliphatic hydroxyl groups is 1. The minimum Gasteiger partial charge on any atom is -0.389 e. The summed E-state index contributed by atoms with van der Waals surface area (Å²) in [6, 6.07) is 3.14. The van der Waals surface area contributed by atoms with Gasteiger partial charge in [0.25, 0.3) is 11.8 Å². The lowest BCUT2D eigenvalue weighted by Crippen LogP contribution is -2.57. The number of nitrogens with zero attached hydrogens (tertiary/aromatic N) is 4. The number of anilines is 1. The molecule has 0 radical (unpaired) electrons. The number of hydrogen-bond donors (Lipinski definition) is 3. The third kappa shape index (κ3) is 7.54. The summed E-state index contributed by atoms with van der Waals surface area (Å²) in [6.07, 6.45) is -6.75. The van der Waals surface area contributed by atoms with E-state index in [0.29, 0.717) is 0 Å². The molecule has 4 rings (SSSR count). The number of aromatic nitrogens is 3. The van der Waals surface area contributed by atoms with Crippen molar-refractivity contribution in [2.24, 2.45) is 0 Å². The van der Waals surface area contributed by atoms with E-state index in [2.05, 4.69) is 20.7 Å². The predicted molar refractivity (Wildman–Crippen MR) is 141 cm³/mol. The predicted octanol–water partition coefficient (Wildman–Crippen LogP) is 4.60. The molecule has 1 saturated heterocycles. The van der Waals surface area contributed by atoms with Crippen LogP contribution in [0.1, 0.15) is 36.3 Å². The van der Waals surface area contributed by atoms with Gasteiger partial charge >= 0.3 is 12.6 Å². The van der Waals surface area contributed by atoms with Gasteiger partial charge in [0.1, 0.15) is 5.69 Å². The van der Waals surface area contributed by atoms with Crippen LogP contribution in [0, 0.1) is 0 Å². The first-order valence-corrected chi connectivity index (χ1v) is 13.0. The van der Waals surface area contributed by atoms with E-state index in [-0.39, 0.29) is 58.4 Å². The Kier molecular flexibility index (Phi) is 8.67. The normalized spacial score (nSPS) is 18.2. The molecule has 3 heterocycles. The summed E-state index contributed by atoms with van der Waals surface area (Å²) in [5, 5.41) is 19.9. The average Bonchev–Trinajstić information content (AvgIpc) is 3.21. The number of benzene rings is 1. The van der Waals surface area contributed by atoms with Gasteiger partial charge < -0.3 is 20.6 Å². The highest BCUT2D eigenvalue weighted by Crippen LogP contribution is 2.35. The summed E-state index contributed by atoms with van der Waals surface area (Å²) >= 11 is 12.2. The molecule has 1 aliphatic heterocycles. The Morgan fingerprint density at radius 2 is 1.83 bits per heavy atom. The summed E-state index contributed by atoms with van der Waals surface area (Å²) in [4.78, 5) is 29.7. The molecule has 1 aliphatic rings. The van der Waals surface area contributed by atoms with Crippen molar-refractivity contribution in [1.29, 1.82) is 0 Å². The minimum absolute atomic E-state index is 0.00869. The number of amides is 2. The van der Waals surface area contributed by atoms with Gasteiger partial charge in [-0.2, -0.15) is 27.1 Å². The van der Waals surface area contributed by atoms with Gasteiger partial charge in [-0.05, 0) is 44.5 Å². The second kappa shape index (κ2) is 11.6. The van der Waals surface area contributed by atoms with E-state index in [4.69, 9.17) is 23.2 Å². The largest absolute Gasteiger partial charge is 0.433 e. The molecule has 9 nitrogen and oxygen atoms in total. The molecule has 0 spiro atoms. The number of halogens is 7. The van der Waals surface area contributed by atoms with E-state index in [1.54, 1.807) is 0 Å². The van der Waals surface area contributed by atoms with Crippen LogP contribution in [0.15, 0.2) is 30.5 Å². The van der Waals surface area contributed by atoms with Gasteiger partial charge in [0.2, 0.25) is 0 Å². The lowest BCUT2D eigenvalue weighted by Gasteiger charge is -2.38. The third-order valence-electron chi connectivity index (χ3n) is 6.22. The topological polar surface area (TPSA) is 112 Å². The second-order valence-corrected chi connectivity index (χ2v) is 11.1. The van der Waals surface area contributed by atoms with Crippen molar-refractivity contribution in [2.45, 2.75) is 57.1 Å². The molecular formula is C25H25Cl2F5N6O3. The maximum atomic E-state index is 13.6. The Morgan fingerprint density at radius 1 is 1.15 bits per heavy atom. The van der Waals surface area contributed by atoms with Crippen molar-refractivity contribution in [2.75, 3.05) is 18.4 Å². The number of carbonyl (C=O) groups is 2. The molecule has 41 heavy (non-hydrogen) atoms. The smallest absolute Gasteiger partial charge is 0.389 e. The molecule has 3 aromatic rings. The van der Waals surface area contributed by atoms with Crippen LogP contribution in [0.4, 0.5) is 27.6 Å². The lowest BCUT2D eigenvalue weighted by molar-refractivity contribution is -0.144. The van der Waals surface area contributed by atoms with E-state index in [0.717, 1.165) is 11.0 Å². The number of likely N-dealkylation sites (tertiary alicyclic amines) is 1. The first-order valence-electron chi connectivity index (χ1n) is 12.3. The number of alkyl halides is 5. The van der Waals surface area contributed by atoms with Gasteiger partial charge in [-0.3, -0.25) is 14.3 Å². The maximum Gasteiger partial charge on any atom is 0.433 e. The molecule has 1 aromatic carbocycles. The molecule has 0 unspecified atom stereocenters. The Bertz CT molecular complexity index is 1460. The van der Waals surface area contributed by atoms with Crippen molar-refractivity contribution in [1.82, 2.24) is 25.0 Å². The van der Waals surface area contributed by atoms with E-state index in [1.807, 2.05) is 0 Å². The van der Waals surface area contributed by atoms with Gasteiger partial charge in [-0.15, -0.1) is 0 Å². The molecular weight excluding hydrogens is 598 g/mol. The van der Waals surface area contributed by atoms with Crippen molar-refractivity contribution >= 4 is 51.6 Å². The monoisotopic (exact) mass is 622 g/mol. The van der Waals surface area contributed by atoms with Crippen molar-refractivity contribution in [3.05, 3.63) is 51.9 Å². The fraction of sp³-hybridized carbons (Fsp3) is 0.440. The molecule has 2 atom stereocenters. The number of piperidine rings is 1. The van der Waals surface area contributed by atoms with E-state index >= 15 is 0 Å². The second-order valence-electron chi connectivity index (χ2n) is 10.3. The van der Waals surface area contributed by atoms with E-state index < -0.39 is 47.8 Å². The molecule has 2 amide bonds. The standard InChI is InChI=1S/C25H25Cl2F5N6O3/c1-24(2,41)11-38-10-16(20(27)36-38)22(39)34-14-6-13(8-37(9-14)23(40)21(28)29)33-18-7-19(25(30,31)32)35-17-4-3-12(26)5-15(17)18/h3-5,7,10,13-14,21,41H,6,8-9,11H2,1-2H3,(H,33,35)(H,34,39)/t13-,14+/m1/s1. The molecule has 3 N–H and O–H groups in total. The molecule has 0 aliphatic carbocycles. The zero-order valence-electron chi connectivity index (χ0n) is 21.6. The Balaban J connectivity index is 1.62. The molecule has 222 valence electrons. The van der Waals surface area contributed by atoms with E-state index in [1.165, 1.54) is 42.9 Å². The van der Waals surface area contributed by atoms with Crippen LogP contribution in [0.25, 0.3) is 10.9 Å². The van der Waals surface area contributed by atoms with Crippen LogP contribution in [-0.4, -0.2) is 73.8 Å². The molecule has 16 heteroatoms. The average molecular weight is 623 g/mol. The number of fused-ring (bicyclic) bond motifs is 1. The van der Waals surface area contributed by atoms with Gasteiger partial charge in [-0.25, -0.2) is 4.98 Å². The van der Waals surface area contributed by atoms with Crippen LogP contribution in [0.3, 0.4) is 0 Å². The highest BCUT2D eigenvalue weighted by atomic mass is 35.5. The highest BCUT2D eigenvalue weighted by molar-refractivity contribution is 6.32. The number of nitrogens with one attached hydrogen (secondary N) is 2. The first-order chi connectivity index (χ1) is 19.0. The van der Waals surface area contributed by atoms with Gasteiger partial charge in [0.05, 0.1) is 23.2 Å². The number of carbonyl (C=O) groups excluding carboxylic acids is 2. The lowest BCUT2D eigenvalue weighted by atomic mass is 9.99.